The normalized spacial score (nSPS) is 22.9. The molecule has 0 aliphatic heterocycles. The van der Waals surface area contributed by atoms with Crippen molar-refractivity contribution in [1.82, 2.24) is 10.2 Å². The summed E-state index contributed by atoms with van der Waals surface area (Å²) in [6.07, 6.45) is 7.01. The van der Waals surface area contributed by atoms with Gasteiger partial charge in [0.25, 0.3) is 0 Å². The van der Waals surface area contributed by atoms with Gasteiger partial charge < -0.3 is 4.74 Å². The molecule has 21 heavy (non-hydrogen) atoms. The van der Waals surface area contributed by atoms with E-state index in [9.17, 15) is 4.79 Å². The Morgan fingerprint density at radius 2 is 2.00 bits per heavy atom. The second-order valence-electron chi connectivity index (χ2n) is 6.99. The van der Waals surface area contributed by atoms with E-state index in [0.717, 1.165) is 19.0 Å². The van der Waals surface area contributed by atoms with E-state index in [0.29, 0.717) is 18.7 Å². The van der Waals surface area contributed by atoms with Crippen LogP contribution in [0.4, 0.5) is 0 Å². The number of esters is 1. The predicted octanol–water partition coefficient (Wildman–Crippen LogP) is 2.71. The number of carbonyl (C=O) groups excluding carboxylic acids is 1. The number of hydrogen-bond acceptors (Lipinski definition) is 4. The quantitative estimate of drug-likeness (QED) is 0.629. The van der Waals surface area contributed by atoms with E-state index in [4.69, 9.17) is 4.74 Å². The molecule has 0 saturated heterocycles. The first-order valence-corrected chi connectivity index (χ1v) is 8.70. The molecule has 0 heterocycles. The smallest absolute Gasteiger partial charge is 0.326 e. The summed E-state index contributed by atoms with van der Waals surface area (Å²) in [5.41, 5.74) is -0.544. The van der Waals surface area contributed by atoms with E-state index < -0.39 is 5.54 Å². The van der Waals surface area contributed by atoms with Gasteiger partial charge in [-0.2, -0.15) is 0 Å². The third kappa shape index (κ3) is 4.68. The molecule has 0 aromatic heterocycles. The number of nitrogens with zero attached hydrogens (tertiary/aromatic N) is 1. The molecule has 2 rings (SSSR count). The van der Waals surface area contributed by atoms with E-state index in [1.807, 2.05) is 13.8 Å². The highest BCUT2D eigenvalue weighted by Gasteiger charge is 2.43. The van der Waals surface area contributed by atoms with E-state index in [1.54, 1.807) is 0 Å². The number of nitrogens with one attached hydrogen (secondary N) is 1. The topological polar surface area (TPSA) is 41.6 Å². The number of carbonyl (C=O) groups is 1. The van der Waals surface area contributed by atoms with Crippen LogP contribution in [0.25, 0.3) is 0 Å². The number of rotatable bonds is 10. The van der Waals surface area contributed by atoms with Gasteiger partial charge in [-0.1, -0.05) is 6.92 Å². The van der Waals surface area contributed by atoms with Gasteiger partial charge in [0.2, 0.25) is 0 Å². The Hall–Kier alpha value is -0.610. The molecule has 2 saturated carbocycles. The monoisotopic (exact) mass is 296 g/mol. The molecule has 0 bridgehead atoms. The molecule has 0 aromatic carbocycles. The summed E-state index contributed by atoms with van der Waals surface area (Å²) < 4.78 is 5.33. The molecular weight excluding hydrogens is 264 g/mol. The average Bonchev–Trinajstić information content (AvgIpc) is 3.29. The Bertz CT molecular complexity index is 353. The molecule has 2 aliphatic rings. The SMILES string of the molecule is CCCN(C(C)CC(C)(NC1CC1)C(=O)OCC)C1CC1. The van der Waals surface area contributed by atoms with Gasteiger partial charge in [0.15, 0.2) is 0 Å². The average molecular weight is 296 g/mol. The lowest BCUT2D eigenvalue weighted by Gasteiger charge is -2.36. The van der Waals surface area contributed by atoms with Crippen LogP contribution in [0.5, 0.6) is 0 Å². The summed E-state index contributed by atoms with van der Waals surface area (Å²) in [5.74, 6) is -0.0870. The lowest BCUT2D eigenvalue weighted by molar-refractivity contribution is -0.151. The van der Waals surface area contributed by atoms with Crippen LogP contribution >= 0.6 is 0 Å². The maximum absolute atomic E-state index is 12.4. The highest BCUT2D eigenvalue weighted by Crippen LogP contribution is 2.32. The van der Waals surface area contributed by atoms with Crippen LogP contribution in [0, 0.1) is 0 Å². The van der Waals surface area contributed by atoms with Crippen LogP contribution in [0.2, 0.25) is 0 Å². The van der Waals surface area contributed by atoms with Crippen LogP contribution in [0.1, 0.15) is 66.2 Å². The van der Waals surface area contributed by atoms with Crippen LogP contribution in [-0.4, -0.2) is 47.7 Å². The van der Waals surface area contributed by atoms with Crippen LogP contribution < -0.4 is 5.32 Å². The summed E-state index contributed by atoms with van der Waals surface area (Å²) in [6, 6.07) is 1.66. The van der Waals surface area contributed by atoms with Gasteiger partial charge >= 0.3 is 5.97 Å². The summed E-state index contributed by atoms with van der Waals surface area (Å²) in [6.45, 7) is 9.99. The van der Waals surface area contributed by atoms with Gasteiger partial charge in [-0.05, 0) is 65.8 Å². The van der Waals surface area contributed by atoms with E-state index in [2.05, 4.69) is 24.1 Å². The zero-order valence-electron chi connectivity index (χ0n) is 14.2. The van der Waals surface area contributed by atoms with Crippen LogP contribution in [0.3, 0.4) is 0 Å². The fraction of sp³-hybridized carbons (Fsp3) is 0.941. The van der Waals surface area contributed by atoms with Crippen LogP contribution in [-0.2, 0) is 9.53 Å². The molecule has 0 spiro atoms. The highest BCUT2D eigenvalue weighted by atomic mass is 16.5. The second-order valence-corrected chi connectivity index (χ2v) is 6.99. The maximum Gasteiger partial charge on any atom is 0.326 e. The molecule has 122 valence electrons. The summed E-state index contributed by atoms with van der Waals surface area (Å²) >= 11 is 0. The first-order valence-electron chi connectivity index (χ1n) is 8.70. The van der Waals surface area contributed by atoms with Crippen molar-refractivity contribution < 1.29 is 9.53 Å². The number of ether oxygens (including phenoxy) is 1. The lowest BCUT2D eigenvalue weighted by Crippen LogP contribution is -2.55. The Morgan fingerprint density at radius 1 is 1.33 bits per heavy atom. The zero-order valence-corrected chi connectivity index (χ0v) is 14.2. The van der Waals surface area contributed by atoms with Crippen LogP contribution in [0.15, 0.2) is 0 Å². The molecule has 2 unspecified atom stereocenters. The minimum atomic E-state index is -0.544. The molecule has 0 radical (unpaired) electrons. The Balaban J connectivity index is 1.99. The van der Waals surface area contributed by atoms with E-state index >= 15 is 0 Å². The first kappa shape index (κ1) is 16.8. The Labute approximate surface area is 129 Å². The Kier molecular flexibility index (Phi) is 5.67. The molecule has 0 aromatic rings. The predicted molar refractivity (Wildman–Crippen MR) is 85.3 cm³/mol. The maximum atomic E-state index is 12.4. The van der Waals surface area contributed by atoms with Crippen molar-refractivity contribution >= 4 is 5.97 Å². The summed E-state index contributed by atoms with van der Waals surface area (Å²) in [5, 5.41) is 3.54. The van der Waals surface area contributed by atoms with Crippen molar-refractivity contribution in [2.24, 2.45) is 0 Å². The zero-order chi connectivity index (χ0) is 15.5. The Morgan fingerprint density at radius 3 is 2.48 bits per heavy atom. The first-order chi connectivity index (χ1) is 10.00. The fourth-order valence-electron chi connectivity index (χ4n) is 3.31. The third-order valence-electron chi connectivity index (χ3n) is 4.59. The fourth-order valence-corrected chi connectivity index (χ4v) is 3.31. The van der Waals surface area contributed by atoms with Crippen molar-refractivity contribution in [3.63, 3.8) is 0 Å². The lowest BCUT2D eigenvalue weighted by atomic mass is 9.92. The molecule has 2 fully saturated rings. The minimum Gasteiger partial charge on any atom is -0.465 e. The highest BCUT2D eigenvalue weighted by molar-refractivity contribution is 5.80. The van der Waals surface area contributed by atoms with Gasteiger partial charge in [0, 0.05) is 18.1 Å². The van der Waals surface area contributed by atoms with Crippen molar-refractivity contribution in [1.29, 1.82) is 0 Å². The third-order valence-corrected chi connectivity index (χ3v) is 4.59. The second kappa shape index (κ2) is 7.10. The van der Waals surface area contributed by atoms with Crippen molar-refractivity contribution in [3.05, 3.63) is 0 Å². The number of hydrogen-bond donors (Lipinski definition) is 1. The van der Waals surface area contributed by atoms with Crippen molar-refractivity contribution in [2.45, 2.75) is 89.9 Å². The largest absolute Gasteiger partial charge is 0.465 e. The summed E-state index contributed by atoms with van der Waals surface area (Å²) in [4.78, 5) is 15.0. The van der Waals surface area contributed by atoms with Gasteiger partial charge in [-0.15, -0.1) is 0 Å². The molecule has 4 heteroatoms. The van der Waals surface area contributed by atoms with Gasteiger partial charge in [-0.3, -0.25) is 15.0 Å². The summed E-state index contributed by atoms with van der Waals surface area (Å²) in [7, 11) is 0. The molecule has 0 amide bonds. The molecule has 2 aliphatic carbocycles. The minimum absolute atomic E-state index is 0.0870. The molecule has 4 nitrogen and oxygen atoms in total. The van der Waals surface area contributed by atoms with Crippen molar-refractivity contribution in [2.75, 3.05) is 13.2 Å². The van der Waals surface area contributed by atoms with E-state index in [-0.39, 0.29) is 5.97 Å². The van der Waals surface area contributed by atoms with Gasteiger partial charge in [0.1, 0.15) is 5.54 Å². The van der Waals surface area contributed by atoms with Gasteiger partial charge in [0.05, 0.1) is 6.61 Å². The molecule has 1 N–H and O–H groups in total. The standard InChI is InChI=1S/C17H32N2O2/c1-5-11-19(15-9-10-15)13(3)12-17(4,16(20)21-6-2)18-14-7-8-14/h13-15,18H,5-12H2,1-4H3. The molecular formula is C17H32N2O2. The van der Waals surface area contributed by atoms with E-state index in [1.165, 1.54) is 32.1 Å². The van der Waals surface area contributed by atoms with Gasteiger partial charge in [-0.25, -0.2) is 0 Å². The molecule has 2 atom stereocenters. The van der Waals surface area contributed by atoms with Crippen molar-refractivity contribution in [3.8, 4) is 0 Å².